The number of benzene rings is 1. The molecule has 22 heavy (non-hydrogen) atoms. The lowest BCUT2D eigenvalue weighted by Crippen LogP contribution is -2.34. The van der Waals surface area contributed by atoms with Gasteiger partial charge >= 0.3 is 0 Å². The van der Waals surface area contributed by atoms with Gasteiger partial charge in [-0.05, 0) is 23.8 Å². The summed E-state index contributed by atoms with van der Waals surface area (Å²) in [5, 5.41) is 5.41. The molecule has 112 valence electrons. The molecule has 1 aromatic heterocycles. The summed E-state index contributed by atoms with van der Waals surface area (Å²) in [6.45, 7) is 0.725. The van der Waals surface area contributed by atoms with E-state index >= 15 is 0 Å². The molecule has 2 N–H and O–H groups in total. The van der Waals surface area contributed by atoms with Crippen molar-refractivity contribution >= 4 is 17.9 Å². The molecule has 0 atom stereocenters. The number of nitrogens with one attached hydrogen (secondary N) is 2. The standard InChI is InChI=1S/C17H17N3O2/c21-16(9-8-14-5-2-1-3-6-14)19-11-12-20-17(22)15-7-4-10-18-13-15/h1-10,13H,11-12H2,(H,19,21)(H,20,22)/b9-8+. The zero-order valence-corrected chi connectivity index (χ0v) is 12.0. The van der Waals surface area contributed by atoms with Crippen molar-refractivity contribution in [2.75, 3.05) is 13.1 Å². The van der Waals surface area contributed by atoms with Gasteiger partial charge in [0.15, 0.2) is 0 Å². The van der Waals surface area contributed by atoms with Crippen molar-refractivity contribution in [2.24, 2.45) is 0 Å². The molecule has 0 fully saturated rings. The van der Waals surface area contributed by atoms with Crippen molar-refractivity contribution < 1.29 is 9.59 Å². The van der Waals surface area contributed by atoms with Crippen molar-refractivity contribution in [3.8, 4) is 0 Å². The third-order valence-corrected chi connectivity index (χ3v) is 2.86. The van der Waals surface area contributed by atoms with Gasteiger partial charge in [0.1, 0.15) is 0 Å². The number of carbonyl (C=O) groups is 2. The maximum Gasteiger partial charge on any atom is 0.252 e. The molecule has 1 aromatic carbocycles. The maximum atomic E-state index is 11.7. The van der Waals surface area contributed by atoms with Crippen LogP contribution in [0.5, 0.6) is 0 Å². The molecule has 2 amide bonds. The molecule has 0 saturated carbocycles. The smallest absolute Gasteiger partial charge is 0.252 e. The highest BCUT2D eigenvalue weighted by atomic mass is 16.2. The summed E-state index contributed by atoms with van der Waals surface area (Å²) in [5.74, 6) is -0.401. The highest BCUT2D eigenvalue weighted by Crippen LogP contribution is 2.00. The Morgan fingerprint density at radius 2 is 1.77 bits per heavy atom. The molecule has 0 aliphatic carbocycles. The quantitative estimate of drug-likeness (QED) is 0.628. The van der Waals surface area contributed by atoms with Crippen LogP contribution >= 0.6 is 0 Å². The topological polar surface area (TPSA) is 71.1 Å². The minimum atomic E-state index is -0.206. The summed E-state index contributed by atoms with van der Waals surface area (Å²) in [7, 11) is 0. The van der Waals surface area contributed by atoms with Crippen LogP contribution in [0, 0.1) is 0 Å². The molecule has 0 saturated heterocycles. The fourth-order valence-electron chi connectivity index (χ4n) is 1.76. The molecule has 5 heteroatoms. The Kier molecular flexibility index (Phi) is 5.87. The van der Waals surface area contributed by atoms with Gasteiger partial charge in [-0.2, -0.15) is 0 Å². The van der Waals surface area contributed by atoms with E-state index in [0.717, 1.165) is 5.56 Å². The first kappa shape index (κ1) is 15.4. The number of hydrogen-bond acceptors (Lipinski definition) is 3. The molecular weight excluding hydrogens is 278 g/mol. The van der Waals surface area contributed by atoms with Gasteiger partial charge in [-0.3, -0.25) is 14.6 Å². The van der Waals surface area contributed by atoms with E-state index in [1.807, 2.05) is 30.3 Å². The molecule has 0 spiro atoms. The van der Waals surface area contributed by atoms with Crippen molar-refractivity contribution in [2.45, 2.75) is 0 Å². The van der Waals surface area contributed by atoms with Crippen LogP contribution < -0.4 is 10.6 Å². The predicted octanol–water partition coefficient (Wildman–Crippen LogP) is 1.64. The lowest BCUT2D eigenvalue weighted by Gasteiger charge is -2.05. The minimum absolute atomic E-state index is 0.195. The van der Waals surface area contributed by atoms with E-state index in [1.54, 1.807) is 24.4 Å². The summed E-state index contributed by atoms with van der Waals surface area (Å²) in [6, 6.07) is 12.9. The van der Waals surface area contributed by atoms with Crippen molar-refractivity contribution in [3.63, 3.8) is 0 Å². The second-order valence-electron chi connectivity index (χ2n) is 4.53. The van der Waals surface area contributed by atoms with Crippen molar-refractivity contribution in [1.29, 1.82) is 0 Å². The Morgan fingerprint density at radius 3 is 2.50 bits per heavy atom. The van der Waals surface area contributed by atoms with Gasteiger partial charge in [-0.1, -0.05) is 30.3 Å². The zero-order valence-electron chi connectivity index (χ0n) is 12.0. The highest BCUT2D eigenvalue weighted by molar-refractivity contribution is 5.94. The van der Waals surface area contributed by atoms with Crippen LogP contribution in [0.25, 0.3) is 6.08 Å². The van der Waals surface area contributed by atoms with E-state index in [0.29, 0.717) is 18.7 Å². The molecular formula is C17H17N3O2. The average molecular weight is 295 g/mol. The third-order valence-electron chi connectivity index (χ3n) is 2.86. The highest BCUT2D eigenvalue weighted by Gasteiger charge is 2.03. The van der Waals surface area contributed by atoms with E-state index in [4.69, 9.17) is 0 Å². The van der Waals surface area contributed by atoms with Crippen LogP contribution in [-0.2, 0) is 4.79 Å². The molecule has 0 bridgehead atoms. The predicted molar refractivity (Wildman–Crippen MR) is 85.1 cm³/mol. The summed E-state index contributed by atoms with van der Waals surface area (Å²) < 4.78 is 0. The van der Waals surface area contributed by atoms with Crippen molar-refractivity contribution in [3.05, 3.63) is 72.1 Å². The number of pyridine rings is 1. The molecule has 0 aliphatic rings. The van der Waals surface area contributed by atoms with E-state index in [-0.39, 0.29) is 11.8 Å². The number of carbonyl (C=O) groups excluding carboxylic acids is 2. The Morgan fingerprint density at radius 1 is 1.00 bits per heavy atom. The van der Waals surface area contributed by atoms with Crippen LogP contribution in [-0.4, -0.2) is 29.9 Å². The van der Waals surface area contributed by atoms with E-state index in [1.165, 1.54) is 12.3 Å². The van der Waals surface area contributed by atoms with Gasteiger partial charge in [0.05, 0.1) is 5.56 Å². The first-order valence-electron chi connectivity index (χ1n) is 6.95. The Hall–Kier alpha value is -2.95. The van der Waals surface area contributed by atoms with Crippen LogP contribution in [0.4, 0.5) is 0 Å². The molecule has 0 radical (unpaired) electrons. The van der Waals surface area contributed by atoms with E-state index in [9.17, 15) is 9.59 Å². The number of nitrogens with zero attached hydrogens (tertiary/aromatic N) is 1. The number of hydrogen-bond donors (Lipinski definition) is 2. The van der Waals surface area contributed by atoms with Gasteiger partial charge in [-0.15, -0.1) is 0 Å². The van der Waals surface area contributed by atoms with Gasteiger partial charge < -0.3 is 10.6 Å². The number of amides is 2. The normalized spacial score (nSPS) is 10.4. The third kappa shape index (κ3) is 5.20. The van der Waals surface area contributed by atoms with E-state index in [2.05, 4.69) is 15.6 Å². The molecule has 1 heterocycles. The molecule has 0 aliphatic heterocycles. The van der Waals surface area contributed by atoms with Crippen molar-refractivity contribution in [1.82, 2.24) is 15.6 Å². The maximum absolute atomic E-state index is 11.7. The van der Waals surface area contributed by atoms with Crippen LogP contribution in [0.2, 0.25) is 0 Å². The van der Waals surface area contributed by atoms with Gasteiger partial charge in [0, 0.05) is 31.6 Å². The Balaban J connectivity index is 1.67. The van der Waals surface area contributed by atoms with Gasteiger partial charge in [-0.25, -0.2) is 0 Å². The van der Waals surface area contributed by atoms with Gasteiger partial charge in [0.2, 0.25) is 5.91 Å². The Bertz CT molecular complexity index is 639. The van der Waals surface area contributed by atoms with Gasteiger partial charge in [0.25, 0.3) is 5.91 Å². The molecule has 5 nitrogen and oxygen atoms in total. The lowest BCUT2D eigenvalue weighted by atomic mass is 10.2. The largest absolute Gasteiger partial charge is 0.351 e. The number of aromatic nitrogens is 1. The fourth-order valence-corrected chi connectivity index (χ4v) is 1.76. The molecule has 2 rings (SSSR count). The van der Waals surface area contributed by atoms with Crippen LogP contribution in [0.3, 0.4) is 0 Å². The van der Waals surface area contributed by atoms with Crippen LogP contribution in [0.15, 0.2) is 60.9 Å². The monoisotopic (exact) mass is 295 g/mol. The summed E-state index contributed by atoms with van der Waals surface area (Å²) in [6.07, 6.45) is 6.31. The Labute approximate surface area is 129 Å². The first-order chi connectivity index (χ1) is 10.8. The SMILES string of the molecule is O=C(/C=C/c1ccccc1)NCCNC(=O)c1cccnc1. The fraction of sp³-hybridized carbons (Fsp3) is 0.118. The second-order valence-corrected chi connectivity index (χ2v) is 4.53. The summed E-state index contributed by atoms with van der Waals surface area (Å²) in [4.78, 5) is 27.2. The van der Waals surface area contributed by atoms with E-state index < -0.39 is 0 Å². The average Bonchev–Trinajstić information content (AvgIpc) is 2.58. The summed E-state index contributed by atoms with van der Waals surface area (Å²) >= 11 is 0. The molecule has 0 unspecified atom stereocenters. The van der Waals surface area contributed by atoms with Crippen LogP contribution in [0.1, 0.15) is 15.9 Å². The molecule has 2 aromatic rings. The lowest BCUT2D eigenvalue weighted by molar-refractivity contribution is -0.116. The number of rotatable bonds is 6. The first-order valence-corrected chi connectivity index (χ1v) is 6.95. The second kappa shape index (κ2) is 8.36. The zero-order chi connectivity index (χ0) is 15.6. The summed E-state index contributed by atoms with van der Waals surface area (Å²) in [5.41, 5.74) is 1.46. The minimum Gasteiger partial charge on any atom is -0.351 e.